The highest BCUT2D eigenvalue weighted by Gasteiger charge is 1.94. The third kappa shape index (κ3) is 4.10. The van der Waals surface area contributed by atoms with Gasteiger partial charge in [-0.1, -0.05) is 0 Å². The van der Waals surface area contributed by atoms with Gasteiger partial charge in [-0.2, -0.15) is 10.2 Å². The number of nitrogen functional groups attached to an aromatic ring is 1. The zero-order valence-electron chi connectivity index (χ0n) is 7.50. The first-order valence-electron chi connectivity index (χ1n) is 4.00. The first-order valence-corrected chi connectivity index (χ1v) is 4.00. The summed E-state index contributed by atoms with van der Waals surface area (Å²) in [5.74, 6) is 0.0231. The molecule has 0 unspecified atom stereocenters. The summed E-state index contributed by atoms with van der Waals surface area (Å²) in [5, 5.41) is 6.90. The summed E-state index contributed by atoms with van der Waals surface area (Å²) in [4.78, 5) is 14.0. The summed E-state index contributed by atoms with van der Waals surface area (Å²) in [6, 6.07) is 3.50. The van der Waals surface area contributed by atoms with Crippen molar-refractivity contribution in [2.24, 2.45) is 10.2 Å². The van der Waals surface area contributed by atoms with E-state index in [1.54, 1.807) is 24.5 Å². The van der Waals surface area contributed by atoms with Crippen molar-refractivity contribution in [3.63, 3.8) is 0 Å². The highest BCUT2D eigenvalue weighted by Crippen LogP contribution is 1.92. The van der Waals surface area contributed by atoms with E-state index in [-0.39, 0.29) is 12.3 Å². The molecule has 0 saturated heterocycles. The predicted molar refractivity (Wildman–Crippen MR) is 52.5 cm³/mol. The van der Waals surface area contributed by atoms with Crippen molar-refractivity contribution in [2.75, 3.05) is 12.3 Å². The Bertz CT molecular complexity index is 345. The Kier molecular flexibility index (Phi) is 4.00. The molecule has 0 spiro atoms. The van der Waals surface area contributed by atoms with Gasteiger partial charge in [0, 0.05) is 24.2 Å². The molecule has 2 heterocycles. The normalized spacial score (nSPS) is 13.3. The standard InChI is InChI=1S/C5H6N2.C4H4N2O/c6-5-1-3-7-4-2-5;7-4-1-2-5-6-3-4/h1-4H,(H2,6,7);1-2H,3H2. The fourth-order valence-electron chi connectivity index (χ4n) is 0.690. The largest absolute Gasteiger partial charge is 0.399 e. The van der Waals surface area contributed by atoms with Crippen LogP contribution in [0, 0.1) is 0 Å². The first-order chi connectivity index (χ1) is 6.79. The van der Waals surface area contributed by atoms with Crippen LogP contribution in [-0.4, -0.2) is 17.3 Å². The van der Waals surface area contributed by atoms with Gasteiger partial charge in [-0.05, 0) is 12.1 Å². The highest BCUT2D eigenvalue weighted by molar-refractivity contribution is 5.91. The van der Waals surface area contributed by atoms with Gasteiger partial charge in [0.25, 0.3) is 0 Å². The van der Waals surface area contributed by atoms with Crippen molar-refractivity contribution >= 4 is 11.5 Å². The third-order valence-corrected chi connectivity index (χ3v) is 1.34. The van der Waals surface area contributed by atoms with Gasteiger partial charge >= 0.3 is 0 Å². The van der Waals surface area contributed by atoms with Crippen LogP contribution in [0.5, 0.6) is 0 Å². The van der Waals surface area contributed by atoms with Gasteiger partial charge in [-0.15, -0.1) is 0 Å². The first kappa shape index (κ1) is 10.0. The average molecular weight is 190 g/mol. The molecule has 0 saturated carbocycles. The lowest BCUT2D eigenvalue weighted by Gasteiger charge is -1.87. The Morgan fingerprint density at radius 2 is 2.00 bits per heavy atom. The molecule has 1 aliphatic rings. The number of hydrogen-bond acceptors (Lipinski definition) is 5. The molecule has 0 bridgehead atoms. The topological polar surface area (TPSA) is 80.7 Å². The number of pyridine rings is 1. The number of rotatable bonds is 0. The van der Waals surface area contributed by atoms with Crippen LogP contribution in [0.3, 0.4) is 0 Å². The number of nitrogens with two attached hydrogens (primary N) is 1. The fraction of sp³-hybridized carbons (Fsp3) is 0.111. The van der Waals surface area contributed by atoms with Crippen molar-refractivity contribution in [1.82, 2.24) is 4.98 Å². The molecule has 0 fully saturated rings. The number of azo groups is 1. The minimum Gasteiger partial charge on any atom is -0.399 e. The van der Waals surface area contributed by atoms with Gasteiger partial charge in [0.15, 0.2) is 5.78 Å². The second kappa shape index (κ2) is 5.58. The van der Waals surface area contributed by atoms with E-state index in [0.717, 1.165) is 5.69 Å². The number of aromatic nitrogens is 1. The minimum atomic E-state index is 0.0231. The van der Waals surface area contributed by atoms with Crippen LogP contribution in [0.1, 0.15) is 0 Å². The SMILES string of the molecule is Nc1ccncc1.O=C1C=CN=NC1. The van der Waals surface area contributed by atoms with Crippen LogP contribution in [-0.2, 0) is 4.79 Å². The summed E-state index contributed by atoms with van der Waals surface area (Å²) < 4.78 is 0. The van der Waals surface area contributed by atoms with Crippen molar-refractivity contribution in [3.05, 3.63) is 36.8 Å². The lowest BCUT2D eigenvalue weighted by atomic mass is 10.4. The van der Waals surface area contributed by atoms with E-state index in [9.17, 15) is 4.79 Å². The van der Waals surface area contributed by atoms with Gasteiger partial charge in [-0.25, -0.2) is 0 Å². The maximum absolute atomic E-state index is 10.2. The molecule has 1 aliphatic heterocycles. The maximum Gasteiger partial charge on any atom is 0.180 e. The Labute approximate surface area is 81.4 Å². The number of carbonyl (C=O) groups excluding carboxylic acids is 1. The lowest BCUT2D eigenvalue weighted by molar-refractivity contribution is -0.113. The third-order valence-electron chi connectivity index (χ3n) is 1.34. The summed E-state index contributed by atoms with van der Waals surface area (Å²) >= 11 is 0. The molecule has 0 amide bonds. The molecule has 5 nitrogen and oxygen atoms in total. The van der Waals surface area contributed by atoms with E-state index < -0.39 is 0 Å². The molecular weight excluding hydrogens is 180 g/mol. The van der Waals surface area contributed by atoms with E-state index in [2.05, 4.69) is 15.2 Å². The molecule has 0 radical (unpaired) electrons. The van der Waals surface area contributed by atoms with E-state index >= 15 is 0 Å². The Balaban J connectivity index is 0.000000140. The molecule has 0 aromatic carbocycles. The van der Waals surface area contributed by atoms with Gasteiger partial charge in [0.1, 0.15) is 6.54 Å². The van der Waals surface area contributed by atoms with E-state index in [0.29, 0.717) is 0 Å². The Morgan fingerprint density at radius 3 is 2.29 bits per heavy atom. The number of hydrogen-bond donors (Lipinski definition) is 1. The Hall–Kier alpha value is -2.04. The smallest absolute Gasteiger partial charge is 0.180 e. The van der Waals surface area contributed by atoms with Gasteiger partial charge in [-0.3, -0.25) is 9.78 Å². The van der Waals surface area contributed by atoms with E-state index in [4.69, 9.17) is 5.73 Å². The molecule has 1 aromatic heterocycles. The van der Waals surface area contributed by atoms with Crippen molar-refractivity contribution in [3.8, 4) is 0 Å². The second-order valence-corrected chi connectivity index (χ2v) is 2.48. The molecule has 0 aliphatic carbocycles. The van der Waals surface area contributed by atoms with E-state index in [1.165, 1.54) is 12.3 Å². The van der Waals surface area contributed by atoms with Gasteiger partial charge in [0.2, 0.25) is 0 Å². The van der Waals surface area contributed by atoms with Gasteiger partial charge in [0.05, 0.1) is 6.20 Å². The predicted octanol–water partition coefficient (Wildman–Crippen LogP) is 1.20. The lowest BCUT2D eigenvalue weighted by Crippen LogP contribution is -1.98. The summed E-state index contributed by atoms with van der Waals surface area (Å²) in [5.41, 5.74) is 6.08. The molecule has 14 heavy (non-hydrogen) atoms. The van der Waals surface area contributed by atoms with Gasteiger partial charge < -0.3 is 5.73 Å². The fourth-order valence-corrected chi connectivity index (χ4v) is 0.690. The molecule has 0 atom stereocenters. The number of anilines is 1. The molecule has 1 aromatic rings. The number of nitrogens with zero attached hydrogens (tertiary/aromatic N) is 3. The maximum atomic E-state index is 10.2. The molecule has 2 N–H and O–H groups in total. The summed E-state index contributed by atoms with van der Waals surface area (Å²) in [7, 11) is 0. The molecule has 5 heteroatoms. The molecule has 2 rings (SSSR count). The van der Waals surface area contributed by atoms with Crippen molar-refractivity contribution < 1.29 is 4.79 Å². The van der Waals surface area contributed by atoms with Crippen LogP contribution in [0.4, 0.5) is 5.69 Å². The van der Waals surface area contributed by atoms with Crippen molar-refractivity contribution in [2.45, 2.75) is 0 Å². The molecular formula is C9H10N4O. The van der Waals surface area contributed by atoms with Crippen LogP contribution in [0.25, 0.3) is 0 Å². The molecule has 72 valence electrons. The van der Waals surface area contributed by atoms with Crippen LogP contribution in [0.15, 0.2) is 47.0 Å². The highest BCUT2D eigenvalue weighted by atomic mass is 16.1. The van der Waals surface area contributed by atoms with Crippen LogP contribution in [0.2, 0.25) is 0 Å². The minimum absolute atomic E-state index is 0.0231. The zero-order valence-corrected chi connectivity index (χ0v) is 7.50. The zero-order chi connectivity index (χ0) is 10.2. The van der Waals surface area contributed by atoms with Crippen LogP contribution < -0.4 is 5.73 Å². The average Bonchev–Trinajstić information content (AvgIpc) is 2.21. The van der Waals surface area contributed by atoms with E-state index in [1.807, 2.05) is 0 Å². The quantitative estimate of drug-likeness (QED) is 0.667. The number of carbonyl (C=O) groups is 1. The Morgan fingerprint density at radius 1 is 1.29 bits per heavy atom. The second-order valence-electron chi connectivity index (χ2n) is 2.48. The summed E-state index contributed by atoms with van der Waals surface area (Å²) in [6.45, 7) is 0.219. The summed E-state index contributed by atoms with van der Waals surface area (Å²) in [6.07, 6.45) is 6.13. The monoisotopic (exact) mass is 190 g/mol. The van der Waals surface area contributed by atoms with Crippen molar-refractivity contribution in [1.29, 1.82) is 0 Å². The van der Waals surface area contributed by atoms with Crippen LogP contribution >= 0.6 is 0 Å². The number of ketones is 1.